The lowest BCUT2D eigenvalue weighted by Gasteiger charge is -2.47. The van der Waals surface area contributed by atoms with Gasteiger partial charge in [0.15, 0.2) is 0 Å². The Hall–Kier alpha value is -3.03. The number of hydrogen-bond acceptors (Lipinski definition) is 4. The van der Waals surface area contributed by atoms with Crippen LogP contribution in [0.15, 0.2) is 48.5 Å². The van der Waals surface area contributed by atoms with Gasteiger partial charge in [0.05, 0.1) is 11.1 Å². The number of amides is 1. The number of anilines is 1. The van der Waals surface area contributed by atoms with E-state index in [0.717, 1.165) is 37.0 Å². The first-order valence-electron chi connectivity index (χ1n) is 11.8. The third kappa shape index (κ3) is 4.03. The first-order chi connectivity index (χ1) is 16.3. The maximum absolute atomic E-state index is 13.9. The molecule has 34 heavy (non-hydrogen) atoms. The molecule has 1 saturated heterocycles. The Labute approximate surface area is 196 Å². The average molecular weight is 473 g/mol. The highest BCUT2D eigenvalue weighted by atomic mass is 19.4. The molecule has 1 aliphatic carbocycles. The maximum Gasteiger partial charge on any atom is 0.416 e. The summed E-state index contributed by atoms with van der Waals surface area (Å²) in [6.45, 7) is 1.68. The molecule has 1 atom stereocenters. The molecule has 1 amide bonds. The molecule has 5 rings (SSSR count). The number of carbonyl (C=O) groups excluding carboxylic acids is 2. The van der Waals surface area contributed by atoms with Crippen molar-refractivity contribution >= 4 is 17.6 Å². The fourth-order valence-electron chi connectivity index (χ4n) is 5.66. The first-order valence-corrected chi connectivity index (χ1v) is 11.8. The summed E-state index contributed by atoms with van der Waals surface area (Å²) in [5.74, 6) is -0.983. The Kier molecular flexibility index (Phi) is 5.78. The van der Waals surface area contributed by atoms with Crippen LogP contribution in [0.1, 0.15) is 59.5 Å². The zero-order valence-electron chi connectivity index (χ0n) is 18.8. The van der Waals surface area contributed by atoms with Gasteiger partial charge >= 0.3 is 12.1 Å². The molecule has 0 bridgehead atoms. The number of alkyl halides is 3. The molecule has 0 unspecified atom stereocenters. The molecule has 8 heteroatoms. The van der Waals surface area contributed by atoms with Crippen molar-refractivity contribution in [1.29, 1.82) is 0 Å². The lowest BCUT2D eigenvalue weighted by molar-refractivity contribution is -0.143. The van der Waals surface area contributed by atoms with E-state index in [9.17, 15) is 22.8 Å². The van der Waals surface area contributed by atoms with Crippen molar-refractivity contribution in [2.75, 3.05) is 31.1 Å². The molecular weight excluding hydrogens is 445 g/mol. The SMILES string of the molecule is O=C1OC2(CCCCC2)[C@@H](C(=O)N2CCN(c3cccc(C(F)(F)F)c3)CC2)c2ccccc21. The van der Waals surface area contributed by atoms with Crippen molar-refractivity contribution in [3.8, 4) is 0 Å². The van der Waals surface area contributed by atoms with Gasteiger partial charge in [-0.05, 0) is 55.5 Å². The monoisotopic (exact) mass is 472 g/mol. The number of carbonyl (C=O) groups is 2. The van der Waals surface area contributed by atoms with Gasteiger partial charge in [0.25, 0.3) is 0 Å². The third-order valence-electron chi connectivity index (χ3n) is 7.39. The number of hydrogen-bond donors (Lipinski definition) is 0. The van der Waals surface area contributed by atoms with Crippen LogP contribution in [0.25, 0.3) is 0 Å². The molecule has 2 heterocycles. The topological polar surface area (TPSA) is 49.9 Å². The summed E-state index contributed by atoms with van der Waals surface area (Å²) in [5, 5.41) is 0. The fraction of sp³-hybridized carbons (Fsp3) is 0.462. The second-order valence-corrected chi connectivity index (χ2v) is 9.40. The highest BCUT2D eigenvalue weighted by Gasteiger charge is 2.53. The highest BCUT2D eigenvalue weighted by molar-refractivity contribution is 5.98. The molecule has 3 aliphatic rings. The molecule has 2 aromatic carbocycles. The predicted octanol–water partition coefficient (Wildman–Crippen LogP) is 5.01. The minimum atomic E-state index is -4.39. The van der Waals surface area contributed by atoms with Crippen molar-refractivity contribution in [2.24, 2.45) is 0 Å². The van der Waals surface area contributed by atoms with Crippen molar-refractivity contribution in [3.63, 3.8) is 0 Å². The van der Waals surface area contributed by atoms with Crippen molar-refractivity contribution < 1.29 is 27.5 Å². The fourth-order valence-corrected chi connectivity index (χ4v) is 5.66. The summed E-state index contributed by atoms with van der Waals surface area (Å²) >= 11 is 0. The van der Waals surface area contributed by atoms with E-state index in [1.807, 2.05) is 17.0 Å². The van der Waals surface area contributed by atoms with E-state index in [4.69, 9.17) is 4.74 Å². The van der Waals surface area contributed by atoms with E-state index in [-0.39, 0.29) is 11.9 Å². The summed E-state index contributed by atoms with van der Waals surface area (Å²) in [5.41, 5.74) is 0.176. The second kappa shape index (κ2) is 8.64. The lowest BCUT2D eigenvalue weighted by Crippen LogP contribution is -2.56. The van der Waals surface area contributed by atoms with E-state index in [1.54, 1.807) is 23.1 Å². The first kappa shape index (κ1) is 22.7. The van der Waals surface area contributed by atoms with Crippen LogP contribution in [0, 0.1) is 0 Å². The van der Waals surface area contributed by atoms with Crippen LogP contribution in [0.3, 0.4) is 0 Å². The Morgan fingerprint density at radius 3 is 2.35 bits per heavy atom. The molecule has 1 spiro atoms. The average Bonchev–Trinajstić information content (AvgIpc) is 2.84. The van der Waals surface area contributed by atoms with Gasteiger partial charge in [-0.25, -0.2) is 4.79 Å². The molecule has 2 aliphatic heterocycles. The number of esters is 1. The van der Waals surface area contributed by atoms with Crippen LogP contribution >= 0.6 is 0 Å². The minimum Gasteiger partial charge on any atom is -0.454 e. The normalized spacial score (nSPS) is 22.3. The molecular formula is C26H27F3N2O3. The Morgan fingerprint density at radius 2 is 1.65 bits per heavy atom. The van der Waals surface area contributed by atoms with Crippen LogP contribution in [0.5, 0.6) is 0 Å². The van der Waals surface area contributed by atoms with E-state index < -0.39 is 23.3 Å². The second-order valence-electron chi connectivity index (χ2n) is 9.40. The maximum atomic E-state index is 13.9. The molecule has 0 aromatic heterocycles. The summed E-state index contributed by atoms with van der Waals surface area (Å²) in [6, 6.07) is 12.5. The van der Waals surface area contributed by atoms with Gasteiger partial charge in [-0.3, -0.25) is 4.79 Å². The molecule has 1 saturated carbocycles. The molecule has 5 nitrogen and oxygen atoms in total. The quantitative estimate of drug-likeness (QED) is 0.577. The van der Waals surface area contributed by atoms with Gasteiger partial charge in [-0.2, -0.15) is 13.2 Å². The van der Waals surface area contributed by atoms with Gasteiger partial charge in [-0.15, -0.1) is 0 Å². The van der Waals surface area contributed by atoms with Crippen LogP contribution in [0.4, 0.5) is 18.9 Å². The number of ether oxygens (including phenoxy) is 1. The largest absolute Gasteiger partial charge is 0.454 e. The smallest absolute Gasteiger partial charge is 0.416 e. The third-order valence-corrected chi connectivity index (χ3v) is 7.39. The zero-order valence-corrected chi connectivity index (χ0v) is 18.8. The van der Waals surface area contributed by atoms with E-state index in [1.165, 1.54) is 6.07 Å². The van der Waals surface area contributed by atoms with Crippen LogP contribution in [-0.2, 0) is 15.7 Å². The van der Waals surface area contributed by atoms with Gasteiger partial charge in [0, 0.05) is 31.9 Å². The number of nitrogens with zero attached hydrogens (tertiary/aromatic N) is 2. The minimum absolute atomic E-state index is 0.0643. The van der Waals surface area contributed by atoms with Crippen molar-refractivity contribution in [2.45, 2.75) is 49.8 Å². The number of fused-ring (bicyclic) bond motifs is 1. The van der Waals surface area contributed by atoms with E-state index in [2.05, 4.69) is 0 Å². The summed E-state index contributed by atoms with van der Waals surface area (Å²) in [7, 11) is 0. The van der Waals surface area contributed by atoms with Gasteiger partial charge < -0.3 is 14.5 Å². The van der Waals surface area contributed by atoms with Crippen LogP contribution in [0.2, 0.25) is 0 Å². The number of benzene rings is 2. The Bertz CT molecular complexity index is 1090. The molecule has 180 valence electrons. The van der Waals surface area contributed by atoms with E-state index in [0.29, 0.717) is 50.3 Å². The molecule has 0 N–H and O–H groups in total. The molecule has 2 fully saturated rings. The Morgan fingerprint density at radius 1 is 0.941 bits per heavy atom. The predicted molar refractivity (Wildman–Crippen MR) is 121 cm³/mol. The summed E-state index contributed by atoms with van der Waals surface area (Å²) in [6.07, 6.45) is -0.210. The van der Waals surface area contributed by atoms with E-state index >= 15 is 0 Å². The van der Waals surface area contributed by atoms with Gasteiger partial charge in [-0.1, -0.05) is 30.7 Å². The number of rotatable bonds is 2. The number of halogens is 3. The van der Waals surface area contributed by atoms with Crippen LogP contribution < -0.4 is 4.90 Å². The standard InChI is InChI=1S/C26H27F3N2O3/c27-26(28,29)18-7-6-8-19(17-18)30-13-15-31(16-14-30)23(32)22-20-9-2-3-10-21(20)24(33)34-25(22)11-4-1-5-12-25/h2-3,6-10,17,22H,1,4-5,11-16H2/t22-/m1/s1. The lowest BCUT2D eigenvalue weighted by atomic mass is 9.69. The number of piperazine rings is 1. The van der Waals surface area contributed by atoms with Crippen molar-refractivity contribution in [1.82, 2.24) is 4.90 Å². The zero-order chi connectivity index (χ0) is 23.9. The van der Waals surface area contributed by atoms with Gasteiger partial charge in [0.2, 0.25) is 5.91 Å². The summed E-state index contributed by atoms with van der Waals surface area (Å²) in [4.78, 5) is 30.3. The highest BCUT2D eigenvalue weighted by Crippen LogP contribution is 2.48. The molecule has 0 radical (unpaired) electrons. The van der Waals surface area contributed by atoms with Crippen molar-refractivity contribution in [3.05, 3.63) is 65.2 Å². The molecule has 2 aromatic rings. The van der Waals surface area contributed by atoms with Gasteiger partial charge in [0.1, 0.15) is 11.5 Å². The summed E-state index contributed by atoms with van der Waals surface area (Å²) < 4.78 is 45.4. The van der Waals surface area contributed by atoms with Crippen LogP contribution in [-0.4, -0.2) is 48.6 Å². The Balaban J connectivity index is 1.37.